The summed E-state index contributed by atoms with van der Waals surface area (Å²) in [5.41, 5.74) is 4.42. The third kappa shape index (κ3) is 2.12. The van der Waals surface area contributed by atoms with Gasteiger partial charge in [-0.15, -0.1) is 5.10 Å². The van der Waals surface area contributed by atoms with Crippen LogP contribution in [0.4, 0.5) is 0 Å². The van der Waals surface area contributed by atoms with Crippen molar-refractivity contribution in [2.75, 3.05) is 0 Å². The Hall–Kier alpha value is -3.54. The lowest BCUT2D eigenvalue weighted by atomic mass is 10.2. The van der Waals surface area contributed by atoms with E-state index >= 15 is 0 Å². The molecular weight excluding hydrogens is 324 g/mol. The van der Waals surface area contributed by atoms with Crippen molar-refractivity contribution < 1.29 is 0 Å². The summed E-state index contributed by atoms with van der Waals surface area (Å²) in [6.07, 6.45) is 0. The van der Waals surface area contributed by atoms with Crippen molar-refractivity contribution in [1.82, 2.24) is 29.4 Å². The van der Waals surface area contributed by atoms with Gasteiger partial charge in [-0.2, -0.15) is 9.61 Å². The van der Waals surface area contributed by atoms with Gasteiger partial charge in [0.05, 0.1) is 16.8 Å². The lowest BCUT2D eigenvalue weighted by molar-refractivity contribution is 0.848. The number of aromatic nitrogens is 6. The molecule has 0 saturated carbocycles. The topological polar surface area (TPSA) is 60.9 Å². The van der Waals surface area contributed by atoms with Gasteiger partial charge in [0.15, 0.2) is 17.1 Å². The Kier molecular flexibility index (Phi) is 3.12. The average molecular weight is 340 g/mol. The predicted octanol–water partition coefficient (Wildman–Crippen LogP) is 3.75. The maximum atomic E-state index is 4.80. The highest BCUT2D eigenvalue weighted by Gasteiger charge is 2.19. The van der Waals surface area contributed by atoms with Gasteiger partial charge in [0.1, 0.15) is 5.82 Å². The normalized spacial score (nSPS) is 11.5. The number of benzene rings is 2. The zero-order valence-electron chi connectivity index (χ0n) is 14.5. The molecule has 0 aliphatic carbocycles. The molecule has 0 N–H and O–H groups in total. The Labute approximate surface area is 149 Å². The van der Waals surface area contributed by atoms with Crippen molar-refractivity contribution in [3.63, 3.8) is 0 Å². The number of para-hydroxylation sites is 1. The first-order chi connectivity index (χ1) is 12.7. The van der Waals surface area contributed by atoms with Crippen LogP contribution in [0.1, 0.15) is 11.5 Å². The molecule has 0 saturated heterocycles. The molecule has 5 rings (SSSR count). The minimum atomic E-state index is 0.690. The van der Waals surface area contributed by atoms with E-state index in [1.807, 2.05) is 79.2 Å². The van der Waals surface area contributed by atoms with Crippen LogP contribution in [0.15, 0.2) is 60.7 Å². The van der Waals surface area contributed by atoms with E-state index in [4.69, 9.17) is 15.1 Å². The van der Waals surface area contributed by atoms with E-state index < -0.39 is 0 Å². The minimum Gasteiger partial charge on any atom is -0.214 e. The van der Waals surface area contributed by atoms with Crippen LogP contribution in [-0.2, 0) is 0 Å². The fourth-order valence-electron chi connectivity index (χ4n) is 3.24. The standard InChI is InChI=1S/C20H16N6/c1-13-17-19(26(23-13)16-11-7-4-8-12-16)21-14(2)25-20(17)22-18(24-25)15-9-5-3-6-10-15/h3-12H,1-2H3. The van der Waals surface area contributed by atoms with Gasteiger partial charge in [0.25, 0.3) is 0 Å². The van der Waals surface area contributed by atoms with Crippen LogP contribution in [0, 0.1) is 13.8 Å². The van der Waals surface area contributed by atoms with E-state index in [0.29, 0.717) is 5.82 Å². The summed E-state index contributed by atoms with van der Waals surface area (Å²) in [4.78, 5) is 9.57. The van der Waals surface area contributed by atoms with Gasteiger partial charge in [-0.1, -0.05) is 48.5 Å². The number of hydrogen-bond donors (Lipinski definition) is 0. The van der Waals surface area contributed by atoms with E-state index in [-0.39, 0.29) is 0 Å². The van der Waals surface area contributed by atoms with Crippen LogP contribution >= 0.6 is 0 Å². The molecule has 3 aromatic heterocycles. The van der Waals surface area contributed by atoms with Crippen LogP contribution in [0.2, 0.25) is 0 Å². The minimum absolute atomic E-state index is 0.690. The van der Waals surface area contributed by atoms with Crippen LogP contribution in [0.5, 0.6) is 0 Å². The Morgan fingerprint density at radius 3 is 2.15 bits per heavy atom. The van der Waals surface area contributed by atoms with Gasteiger partial charge in [0.2, 0.25) is 0 Å². The lowest BCUT2D eigenvalue weighted by Crippen LogP contribution is -2.02. The van der Waals surface area contributed by atoms with E-state index in [9.17, 15) is 0 Å². The number of rotatable bonds is 2. The highest BCUT2D eigenvalue weighted by Crippen LogP contribution is 2.26. The number of aryl methyl sites for hydroxylation is 2. The van der Waals surface area contributed by atoms with E-state index in [1.165, 1.54) is 0 Å². The second-order valence-corrected chi connectivity index (χ2v) is 6.23. The third-order valence-corrected chi connectivity index (χ3v) is 4.47. The molecule has 0 radical (unpaired) electrons. The summed E-state index contributed by atoms with van der Waals surface area (Å²) in [5.74, 6) is 1.47. The Bertz CT molecular complexity index is 1240. The van der Waals surface area contributed by atoms with Crippen LogP contribution in [-0.4, -0.2) is 29.4 Å². The summed E-state index contributed by atoms with van der Waals surface area (Å²) >= 11 is 0. The quantitative estimate of drug-likeness (QED) is 0.491. The second kappa shape index (κ2) is 5.49. The van der Waals surface area contributed by atoms with Gasteiger partial charge < -0.3 is 0 Å². The second-order valence-electron chi connectivity index (χ2n) is 6.23. The Morgan fingerprint density at radius 2 is 1.42 bits per heavy atom. The van der Waals surface area contributed by atoms with Crippen LogP contribution < -0.4 is 0 Å². The molecule has 0 fully saturated rings. The Balaban J connectivity index is 1.83. The Morgan fingerprint density at radius 1 is 0.731 bits per heavy atom. The molecule has 6 heteroatoms. The molecule has 0 bridgehead atoms. The van der Waals surface area contributed by atoms with Crippen molar-refractivity contribution in [3.8, 4) is 17.1 Å². The molecule has 3 heterocycles. The van der Waals surface area contributed by atoms with Crippen molar-refractivity contribution in [3.05, 3.63) is 72.2 Å². The van der Waals surface area contributed by atoms with Gasteiger partial charge in [0, 0.05) is 5.56 Å². The molecule has 2 aromatic carbocycles. The molecule has 0 amide bonds. The predicted molar refractivity (Wildman–Crippen MR) is 100 cm³/mol. The molecule has 26 heavy (non-hydrogen) atoms. The van der Waals surface area contributed by atoms with Gasteiger partial charge in [-0.3, -0.25) is 0 Å². The van der Waals surface area contributed by atoms with Gasteiger partial charge in [-0.05, 0) is 26.0 Å². The average Bonchev–Trinajstić information content (AvgIpc) is 3.25. The first-order valence-electron chi connectivity index (χ1n) is 8.46. The summed E-state index contributed by atoms with van der Waals surface area (Å²) in [5, 5.41) is 10.3. The maximum absolute atomic E-state index is 4.80. The van der Waals surface area contributed by atoms with E-state index in [2.05, 4.69) is 5.10 Å². The van der Waals surface area contributed by atoms with Gasteiger partial charge >= 0.3 is 0 Å². The largest absolute Gasteiger partial charge is 0.214 e. The molecule has 0 spiro atoms. The SMILES string of the molecule is Cc1nn(-c2ccccc2)c2nc(C)n3nc(-c4ccccc4)nc3c12. The third-order valence-electron chi connectivity index (χ3n) is 4.47. The van der Waals surface area contributed by atoms with Crippen molar-refractivity contribution in [2.45, 2.75) is 13.8 Å². The zero-order valence-corrected chi connectivity index (χ0v) is 14.5. The fourth-order valence-corrected chi connectivity index (χ4v) is 3.24. The van der Waals surface area contributed by atoms with Crippen molar-refractivity contribution in [2.24, 2.45) is 0 Å². The molecule has 0 aliphatic rings. The smallest absolute Gasteiger partial charge is 0.182 e. The van der Waals surface area contributed by atoms with E-state index in [1.54, 1.807) is 4.52 Å². The molecule has 126 valence electrons. The summed E-state index contributed by atoms with van der Waals surface area (Å²) in [7, 11) is 0. The highest BCUT2D eigenvalue weighted by molar-refractivity contribution is 5.93. The van der Waals surface area contributed by atoms with Gasteiger partial charge in [-0.25, -0.2) is 14.6 Å². The summed E-state index contributed by atoms with van der Waals surface area (Å²) < 4.78 is 3.67. The highest BCUT2D eigenvalue weighted by atomic mass is 15.4. The van der Waals surface area contributed by atoms with Crippen molar-refractivity contribution in [1.29, 1.82) is 0 Å². The summed E-state index contributed by atoms with van der Waals surface area (Å²) in [6, 6.07) is 20.0. The first kappa shape index (κ1) is 14.8. The number of nitrogens with zero attached hydrogens (tertiary/aromatic N) is 6. The first-order valence-corrected chi connectivity index (χ1v) is 8.46. The van der Waals surface area contributed by atoms with E-state index in [0.717, 1.165) is 39.4 Å². The number of hydrogen-bond acceptors (Lipinski definition) is 4. The molecule has 5 aromatic rings. The van der Waals surface area contributed by atoms with Crippen molar-refractivity contribution >= 4 is 16.7 Å². The molecule has 0 aliphatic heterocycles. The summed E-state index contributed by atoms with van der Waals surface area (Å²) in [6.45, 7) is 3.92. The molecule has 0 unspecified atom stereocenters. The lowest BCUT2D eigenvalue weighted by Gasteiger charge is -2.03. The van der Waals surface area contributed by atoms with Crippen LogP contribution in [0.25, 0.3) is 33.8 Å². The zero-order chi connectivity index (χ0) is 17.7. The molecular formula is C20H16N6. The maximum Gasteiger partial charge on any atom is 0.182 e. The number of fused-ring (bicyclic) bond motifs is 3. The molecule has 6 nitrogen and oxygen atoms in total. The van der Waals surface area contributed by atoms with Crippen LogP contribution in [0.3, 0.4) is 0 Å². The molecule has 0 atom stereocenters. The monoisotopic (exact) mass is 340 g/mol. The fraction of sp³-hybridized carbons (Fsp3) is 0.100.